The molecule has 0 aromatic heterocycles. The van der Waals surface area contributed by atoms with Gasteiger partial charge in [0.15, 0.2) is 0 Å². The molecule has 0 aliphatic heterocycles. The number of carbonyl (C=O) groups excluding carboxylic acids is 1. The van der Waals surface area contributed by atoms with Gasteiger partial charge in [-0.3, -0.25) is 4.79 Å². The highest BCUT2D eigenvalue weighted by Gasteiger charge is 1.91. The zero-order chi connectivity index (χ0) is 12.3. The van der Waals surface area contributed by atoms with Crippen molar-refractivity contribution in [1.29, 1.82) is 0 Å². The van der Waals surface area contributed by atoms with E-state index in [0.29, 0.717) is 6.54 Å². The Hall–Kier alpha value is -1.35. The fraction of sp³-hybridized carbons (Fsp3) is 0.214. The Morgan fingerprint density at radius 1 is 1.24 bits per heavy atom. The summed E-state index contributed by atoms with van der Waals surface area (Å²) in [5, 5.41) is 3.70. The average Bonchev–Trinajstić information content (AvgIpc) is 2.36. The zero-order valence-corrected chi connectivity index (χ0v) is 11.2. The van der Waals surface area contributed by atoms with Crippen molar-refractivity contribution in [2.45, 2.75) is 6.42 Å². The molecular formula is C14H16BrNO. The molecule has 0 bridgehead atoms. The van der Waals surface area contributed by atoms with E-state index in [4.69, 9.17) is 0 Å². The van der Waals surface area contributed by atoms with Crippen molar-refractivity contribution in [3.8, 4) is 0 Å². The van der Waals surface area contributed by atoms with Gasteiger partial charge in [0.25, 0.3) is 0 Å². The molecule has 3 heteroatoms. The Bertz CT molecular complexity index is 384. The molecule has 0 saturated carbocycles. The maximum atomic E-state index is 11.3. The first-order valence-electron chi connectivity index (χ1n) is 5.56. The molecule has 0 unspecified atom stereocenters. The first-order chi connectivity index (χ1) is 8.33. The molecule has 17 heavy (non-hydrogen) atoms. The molecule has 1 aromatic carbocycles. The van der Waals surface area contributed by atoms with E-state index in [1.807, 2.05) is 42.5 Å². The predicted molar refractivity (Wildman–Crippen MR) is 76.0 cm³/mol. The van der Waals surface area contributed by atoms with Crippen LogP contribution in [0.25, 0.3) is 6.08 Å². The number of allylic oxidation sites excluding steroid dienone is 2. The monoisotopic (exact) mass is 293 g/mol. The third-order valence-electron chi connectivity index (χ3n) is 2.06. The number of rotatable bonds is 6. The molecular weight excluding hydrogens is 278 g/mol. The number of halogens is 1. The maximum Gasteiger partial charge on any atom is 0.243 e. The average molecular weight is 294 g/mol. The number of carbonyl (C=O) groups is 1. The van der Waals surface area contributed by atoms with Crippen molar-refractivity contribution in [2.24, 2.45) is 0 Å². The van der Waals surface area contributed by atoms with Crippen molar-refractivity contribution >= 4 is 27.9 Å². The van der Waals surface area contributed by atoms with Crippen LogP contribution in [-0.2, 0) is 4.79 Å². The van der Waals surface area contributed by atoms with Crippen LogP contribution >= 0.6 is 15.9 Å². The molecule has 2 nitrogen and oxygen atoms in total. The molecule has 1 aromatic rings. The lowest BCUT2D eigenvalue weighted by atomic mass is 10.2. The van der Waals surface area contributed by atoms with Gasteiger partial charge in [-0.2, -0.15) is 0 Å². The number of amides is 1. The Balaban J connectivity index is 2.30. The zero-order valence-electron chi connectivity index (χ0n) is 9.60. The second-order valence-corrected chi connectivity index (χ2v) is 4.26. The van der Waals surface area contributed by atoms with Crippen LogP contribution in [0.1, 0.15) is 12.0 Å². The third-order valence-corrected chi connectivity index (χ3v) is 2.62. The van der Waals surface area contributed by atoms with Gasteiger partial charge in [0.1, 0.15) is 0 Å². The first kappa shape index (κ1) is 13.7. The van der Waals surface area contributed by atoms with E-state index in [1.54, 1.807) is 6.08 Å². The smallest absolute Gasteiger partial charge is 0.243 e. The summed E-state index contributed by atoms with van der Waals surface area (Å²) in [5.41, 5.74) is 1.12. The summed E-state index contributed by atoms with van der Waals surface area (Å²) in [6, 6.07) is 9.97. The van der Waals surface area contributed by atoms with Crippen molar-refractivity contribution in [1.82, 2.24) is 5.32 Å². The summed E-state index contributed by atoms with van der Waals surface area (Å²) in [4.78, 5) is 11.3. The lowest BCUT2D eigenvalue weighted by molar-refractivity contribution is -0.116. The summed E-state index contributed by atoms with van der Waals surface area (Å²) in [6.07, 6.45) is 8.05. The summed E-state index contributed by atoms with van der Waals surface area (Å²) >= 11 is 3.31. The highest BCUT2D eigenvalue weighted by molar-refractivity contribution is 9.09. The van der Waals surface area contributed by atoms with Gasteiger partial charge in [0.2, 0.25) is 5.91 Å². The predicted octanol–water partition coefficient (Wildman–Crippen LogP) is 3.16. The SMILES string of the molecule is O=C(C=CC=Cc1ccccc1)NCCCBr. The van der Waals surface area contributed by atoms with Crippen molar-refractivity contribution in [2.75, 3.05) is 11.9 Å². The standard InChI is InChI=1S/C14H16BrNO/c15-11-6-12-16-14(17)10-5-4-9-13-7-2-1-3-8-13/h1-5,7-10H,6,11-12H2,(H,16,17). The van der Waals surface area contributed by atoms with Gasteiger partial charge in [-0.1, -0.05) is 64.5 Å². The van der Waals surface area contributed by atoms with Gasteiger partial charge >= 0.3 is 0 Å². The van der Waals surface area contributed by atoms with Gasteiger partial charge in [0, 0.05) is 18.0 Å². The number of hydrogen-bond acceptors (Lipinski definition) is 1. The molecule has 0 saturated heterocycles. The molecule has 0 atom stereocenters. The van der Waals surface area contributed by atoms with E-state index in [2.05, 4.69) is 21.2 Å². The normalized spacial score (nSPS) is 11.1. The van der Waals surface area contributed by atoms with Gasteiger partial charge < -0.3 is 5.32 Å². The molecule has 0 fully saturated rings. The van der Waals surface area contributed by atoms with Crippen LogP contribution in [0.5, 0.6) is 0 Å². The van der Waals surface area contributed by atoms with Crippen LogP contribution < -0.4 is 5.32 Å². The maximum absolute atomic E-state index is 11.3. The molecule has 1 rings (SSSR count). The van der Waals surface area contributed by atoms with Gasteiger partial charge in [-0.25, -0.2) is 0 Å². The first-order valence-corrected chi connectivity index (χ1v) is 6.68. The minimum Gasteiger partial charge on any atom is -0.353 e. The highest BCUT2D eigenvalue weighted by Crippen LogP contribution is 2.00. The fourth-order valence-electron chi connectivity index (χ4n) is 1.21. The molecule has 0 aliphatic rings. The number of nitrogens with one attached hydrogen (secondary N) is 1. The Morgan fingerprint density at radius 2 is 2.00 bits per heavy atom. The molecule has 0 spiro atoms. The van der Waals surface area contributed by atoms with Crippen LogP contribution in [0, 0.1) is 0 Å². The summed E-state index contributed by atoms with van der Waals surface area (Å²) < 4.78 is 0. The number of alkyl halides is 1. The van der Waals surface area contributed by atoms with Crippen LogP contribution in [0.15, 0.2) is 48.6 Å². The number of hydrogen-bond donors (Lipinski definition) is 1. The van der Waals surface area contributed by atoms with Crippen LogP contribution in [0.3, 0.4) is 0 Å². The quantitative estimate of drug-likeness (QED) is 0.371. The molecule has 0 radical (unpaired) electrons. The Morgan fingerprint density at radius 3 is 2.71 bits per heavy atom. The topological polar surface area (TPSA) is 29.1 Å². The van der Waals surface area contributed by atoms with Crippen LogP contribution in [-0.4, -0.2) is 17.8 Å². The largest absolute Gasteiger partial charge is 0.353 e. The van der Waals surface area contributed by atoms with E-state index < -0.39 is 0 Å². The van der Waals surface area contributed by atoms with Gasteiger partial charge in [0.05, 0.1) is 0 Å². The Kier molecular flexibility index (Phi) is 7.07. The lowest BCUT2D eigenvalue weighted by Crippen LogP contribution is -2.22. The van der Waals surface area contributed by atoms with Crippen molar-refractivity contribution in [3.05, 3.63) is 54.1 Å². The minimum absolute atomic E-state index is 0.0522. The number of benzene rings is 1. The van der Waals surface area contributed by atoms with Crippen LogP contribution in [0.4, 0.5) is 0 Å². The van der Waals surface area contributed by atoms with E-state index >= 15 is 0 Å². The second-order valence-electron chi connectivity index (χ2n) is 3.46. The van der Waals surface area contributed by atoms with E-state index in [9.17, 15) is 4.79 Å². The fourth-order valence-corrected chi connectivity index (χ4v) is 1.49. The summed E-state index contributed by atoms with van der Waals surface area (Å²) in [7, 11) is 0. The molecule has 90 valence electrons. The summed E-state index contributed by atoms with van der Waals surface area (Å²) in [5.74, 6) is -0.0522. The van der Waals surface area contributed by atoms with Gasteiger partial charge in [-0.05, 0) is 12.0 Å². The molecule has 1 N–H and O–H groups in total. The van der Waals surface area contributed by atoms with E-state index in [0.717, 1.165) is 17.3 Å². The molecule has 1 amide bonds. The summed E-state index contributed by atoms with van der Waals surface area (Å²) in [6.45, 7) is 0.705. The van der Waals surface area contributed by atoms with Crippen molar-refractivity contribution in [3.63, 3.8) is 0 Å². The highest BCUT2D eigenvalue weighted by atomic mass is 79.9. The van der Waals surface area contributed by atoms with Crippen molar-refractivity contribution < 1.29 is 4.79 Å². The third kappa shape index (κ3) is 6.74. The van der Waals surface area contributed by atoms with E-state index in [-0.39, 0.29) is 5.91 Å². The molecule has 0 aliphatic carbocycles. The Labute approximate surface area is 111 Å². The van der Waals surface area contributed by atoms with Crippen LogP contribution in [0.2, 0.25) is 0 Å². The second kappa shape index (κ2) is 8.76. The van der Waals surface area contributed by atoms with E-state index in [1.165, 1.54) is 6.08 Å². The minimum atomic E-state index is -0.0522. The van der Waals surface area contributed by atoms with Gasteiger partial charge in [-0.15, -0.1) is 0 Å². The molecule has 0 heterocycles. The lowest BCUT2D eigenvalue weighted by Gasteiger charge is -1.97.